The molecule has 7 nitrogen and oxygen atoms in total. The van der Waals surface area contributed by atoms with Gasteiger partial charge in [-0.25, -0.2) is 8.42 Å². The Labute approximate surface area is 116 Å². The van der Waals surface area contributed by atoms with Crippen LogP contribution in [0.5, 0.6) is 11.5 Å². The predicted molar refractivity (Wildman–Crippen MR) is 72.6 cm³/mol. The summed E-state index contributed by atoms with van der Waals surface area (Å²) in [7, 11) is -0.667. The molecule has 1 aromatic carbocycles. The van der Waals surface area contributed by atoms with Crippen molar-refractivity contribution in [3.8, 4) is 22.6 Å². The Morgan fingerprint density at radius 1 is 1.15 bits per heavy atom. The van der Waals surface area contributed by atoms with Gasteiger partial charge in [0.15, 0.2) is 21.3 Å². The van der Waals surface area contributed by atoms with Crippen molar-refractivity contribution in [2.45, 2.75) is 4.90 Å². The fraction of sp³-hybridized carbons (Fsp3) is 0.250. The third-order valence-electron chi connectivity index (χ3n) is 2.77. The number of rotatable bonds is 4. The minimum atomic E-state index is -3.45. The molecule has 0 aliphatic rings. The summed E-state index contributed by atoms with van der Waals surface area (Å²) in [6.45, 7) is 0. The summed E-state index contributed by atoms with van der Waals surface area (Å²) in [5, 5.41) is 3.59. The maximum Gasteiger partial charge on any atom is 0.230 e. The number of benzene rings is 1. The van der Waals surface area contributed by atoms with E-state index in [1.165, 1.54) is 26.5 Å². The molecule has 0 radical (unpaired) electrons. The van der Waals surface area contributed by atoms with E-state index in [-0.39, 0.29) is 22.3 Å². The van der Waals surface area contributed by atoms with Gasteiger partial charge >= 0.3 is 0 Å². The van der Waals surface area contributed by atoms with E-state index in [0.717, 1.165) is 6.26 Å². The lowest BCUT2D eigenvalue weighted by molar-refractivity contribution is 0.348. The molecule has 0 saturated carbocycles. The molecule has 0 spiro atoms. The Morgan fingerprint density at radius 2 is 1.80 bits per heavy atom. The molecule has 2 N–H and O–H groups in total. The van der Waals surface area contributed by atoms with Crippen LogP contribution in [0.3, 0.4) is 0 Å². The Bertz CT molecular complexity index is 736. The van der Waals surface area contributed by atoms with Gasteiger partial charge in [-0.15, -0.1) is 0 Å². The highest BCUT2D eigenvalue weighted by molar-refractivity contribution is 7.90. The van der Waals surface area contributed by atoms with Crippen LogP contribution in [0.2, 0.25) is 0 Å². The molecule has 1 heterocycles. The van der Waals surface area contributed by atoms with Gasteiger partial charge in [-0.1, -0.05) is 5.16 Å². The maximum absolute atomic E-state index is 11.8. The Morgan fingerprint density at radius 3 is 2.25 bits per heavy atom. The summed E-state index contributed by atoms with van der Waals surface area (Å²) in [6, 6.07) is 3.00. The lowest BCUT2D eigenvalue weighted by Crippen LogP contribution is -2.03. The van der Waals surface area contributed by atoms with E-state index in [4.69, 9.17) is 19.7 Å². The largest absolute Gasteiger partial charge is 0.492 e. The van der Waals surface area contributed by atoms with Crippen molar-refractivity contribution in [3.63, 3.8) is 0 Å². The van der Waals surface area contributed by atoms with E-state index < -0.39 is 9.84 Å². The summed E-state index contributed by atoms with van der Waals surface area (Å²) in [4.78, 5) is 0.0376. The van der Waals surface area contributed by atoms with Crippen LogP contribution in [0.15, 0.2) is 27.7 Å². The van der Waals surface area contributed by atoms with Crippen LogP contribution in [-0.4, -0.2) is 34.0 Å². The highest BCUT2D eigenvalue weighted by Crippen LogP contribution is 2.43. The van der Waals surface area contributed by atoms with Gasteiger partial charge in [-0.3, -0.25) is 0 Å². The molecule has 0 saturated heterocycles. The first kappa shape index (κ1) is 14.2. The average Bonchev–Trinajstić information content (AvgIpc) is 2.81. The molecular formula is C12H14N2O5S. The number of nitrogen functional groups attached to an aromatic ring is 1. The fourth-order valence-electron chi connectivity index (χ4n) is 1.90. The molecule has 8 heteroatoms. The Balaban J connectivity index is 2.78. The Hall–Kier alpha value is -2.22. The van der Waals surface area contributed by atoms with E-state index >= 15 is 0 Å². The molecule has 20 heavy (non-hydrogen) atoms. The number of hydrogen-bond acceptors (Lipinski definition) is 7. The second-order valence-corrected chi connectivity index (χ2v) is 6.04. The molecule has 0 amide bonds. The number of sulfone groups is 1. The second-order valence-electron chi connectivity index (χ2n) is 4.05. The fourth-order valence-corrected chi connectivity index (χ4v) is 2.72. The molecule has 0 unspecified atom stereocenters. The second kappa shape index (κ2) is 5.04. The molecule has 2 rings (SSSR count). The molecule has 2 aromatic rings. The Kier molecular flexibility index (Phi) is 3.58. The van der Waals surface area contributed by atoms with Gasteiger partial charge in [0.25, 0.3) is 0 Å². The van der Waals surface area contributed by atoms with Gasteiger partial charge in [0.2, 0.25) is 5.88 Å². The van der Waals surface area contributed by atoms with Gasteiger partial charge in [-0.05, 0) is 12.1 Å². The van der Waals surface area contributed by atoms with Crippen molar-refractivity contribution in [2.75, 3.05) is 26.2 Å². The maximum atomic E-state index is 11.8. The number of ether oxygens (including phenoxy) is 2. The molecule has 0 bridgehead atoms. The van der Waals surface area contributed by atoms with Crippen molar-refractivity contribution < 1.29 is 22.4 Å². The summed E-state index contributed by atoms with van der Waals surface area (Å²) in [5.41, 5.74) is 6.71. The zero-order chi connectivity index (χ0) is 14.9. The van der Waals surface area contributed by atoms with E-state index in [9.17, 15) is 8.42 Å². The van der Waals surface area contributed by atoms with Gasteiger partial charge in [0, 0.05) is 11.8 Å². The standard InChI is InChI=1S/C12H14N2O5S/c1-17-10-7(8-6-14-19-12(8)13)4-5-9(11(10)18-2)20(3,15)16/h4-6H,13H2,1-3H3. The van der Waals surface area contributed by atoms with Gasteiger partial charge in [0.1, 0.15) is 4.90 Å². The van der Waals surface area contributed by atoms with Crippen molar-refractivity contribution >= 4 is 15.7 Å². The van der Waals surface area contributed by atoms with E-state index in [1.807, 2.05) is 0 Å². The summed E-state index contributed by atoms with van der Waals surface area (Å²) in [6.07, 6.45) is 2.52. The summed E-state index contributed by atoms with van der Waals surface area (Å²) in [5.74, 6) is 0.482. The molecule has 0 aliphatic heterocycles. The van der Waals surface area contributed by atoms with E-state index in [0.29, 0.717) is 11.1 Å². The quantitative estimate of drug-likeness (QED) is 0.908. The van der Waals surface area contributed by atoms with Crippen molar-refractivity contribution in [1.82, 2.24) is 5.16 Å². The molecular weight excluding hydrogens is 284 g/mol. The van der Waals surface area contributed by atoms with Crippen molar-refractivity contribution in [2.24, 2.45) is 0 Å². The number of methoxy groups -OCH3 is 2. The molecule has 0 atom stereocenters. The summed E-state index contributed by atoms with van der Waals surface area (Å²) < 4.78 is 38.8. The van der Waals surface area contributed by atoms with E-state index in [1.54, 1.807) is 6.07 Å². The predicted octanol–water partition coefficient (Wildman–Crippen LogP) is 1.34. The van der Waals surface area contributed by atoms with Crippen LogP contribution < -0.4 is 15.2 Å². The van der Waals surface area contributed by atoms with Crippen LogP contribution in [0.1, 0.15) is 0 Å². The third-order valence-corrected chi connectivity index (χ3v) is 3.89. The number of hydrogen-bond donors (Lipinski definition) is 1. The first-order valence-corrected chi connectivity index (χ1v) is 7.44. The van der Waals surface area contributed by atoms with Crippen LogP contribution in [-0.2, 0) is 9.84 Å². The minimum absolute atomic E-state index is 0.0376. The lowest BCUT2D eigenvalue weighted by atomic mass is 10.1. The SMILES string of the molecule is COc1c(-c2cnoc2N)ccc(S(C)(=O)=O)c1OC. The first-order chi connectivity index (χ1) is 9.40. The number of anilines is 1. The highest BCUT2D eigenvalue weighted by Gasteiger charge is 2.23. The first-order valence-electron chi connectivity index (χ1n) is 5.55. The van der Waals surface area contributed by atoms with Crippen LogP contribution in [0.4, 0.5) is 5.88 Å². The van der Waals surface area contributed by atoms with Crippen LogP contribution in [0.25, 0.3) is 11.1 Å². The zero-order valence-electron chi connectivity index (χ0n) is 11.2. The monoisotopic (exact) mass is 298 g/mol. The van der Waals surface area contributed by atoms with E-state index in [2.05, 4.69) is 5.16 Å². The van der Waals surface area contributed by atoms with Crippen molar-refractivity contribution in [1.29, 1.82) is 0 Å². The van der Waals surface area contributed by atoms with Crippen LogP contribution in [0, 0.1) is 0 Å². The topological polar surface area (TPSA) is 105 Å². The zero-order valence-corrected chi connectivity index (χ0v) is 12.0. The third kappa shape index (κ3) is 2.29. The van der Waals surface area contributed by atoms with Gasteiger partial charge < -0.3 is 19.7 Å². The molecule has 0 fully saturated rings. The normalized spacial score (nSPS) is 11.3. The number of nitrogens with zero attached hydrogens (tertiary/aromatic N) is 1. The molecule has 108 valence electrons. The molecule has 0 aliphatic carbocycles. The molecule has 1 aromatic heterocycles. The van der Waals surface area contributed by atoms with Gasteiger partial charge in [0.05, 0.1) is 26.0 Å². The lowest BCUT2D eigenvalue weighted by Gasteiger charge is -2.15. The smallest absolute Gasteiger partial charge is 0.230 e. The average molecular weight is 298 g/mol. The van der Waals surface area contributed by atoms with Crippen LogP contribution >= 0.6 is 0 Å². The van der Waals surface area contributed by atoms with Gasteiger partial charge in [-0.2, -0.15) is 0 Å². The van der Waals surface area contributed by atoms with Crippen molar-refractivity contribution in [3.05, 3.63) is 18.3 Å². The minimum Gasteiger partial charge on any atom is -0.492 e. The summed E-state index contributed by atoms with van der Waals surface area (Å²) >= 11 is 0. The number of nitrogens with two attached hydrogens (primary N) is 1. The number of aromatic nitrogens is 1. The highest BCUT2D eigenvalue weighted by atomic mass is 32.2.